The van der Waals surface area contributed by atoms with Crippen molar-refractivity contribution in [3.05, 3.63) is 51.6 Å². The monoisotopic (exact) mass is 268 g/mol. The molecule has 8 heteroatoms. The minimum Gasteiger partial charge on any atom is -0.467 e. The second-order valence-corrected chi connectivity index (χ2v) is 3.85. The molecule has 0 saturated heterocycles. The quantitative estimate of drug-likeness (QED) is 0.468. The van der Waals surface area contributed by atoms with Crippen LogP contribution in [-0.2, 0) is 6.54 Å². The minimum atomic E-state index is -0.498. The minimum absolute atomic E-state index is 0.0438. The van der Waals surface area contributed by atoms with Gasteiger partial charge in [-0.1, -0.05) is 11.6 Å². The molecule has 2 heterocycles. The smallest absolute Gasteiger partial charge is 0.348 e. The number of furan rings is 1. The van der Waals surface area contributed by atoms with E-state index in [0.29, 0.717) is 10.8 Å². The van der Waals surface area contributed by atoms with Crippen molar-refractivity contribution in [2.24, 2.45) is 5.84 Å². The topological polar surface area (TPSA) is 103 Å². The number of halogens is 1. The summed E-state index contributed by atoms with van der Waals surface area (Å²) in [6.07, 6.45) is 3.99. The lowest BCUT2D eigenvalue weighted by atomic mass is 10.2. The van der Waals surface area contributed by atoms with E-state index < -0.39 is 11.6 Å². The molecule has 0 aromatic carbocycles. The number of hydrogen-bond acceptors (Lipinski definition) is 5. The first-order chi connectivity index (χ1) is 8.61. The number of hydrazine groups is 1. The summed E-state index contributed by atoms with van der Waals surface area (Å²) in [6.45, 7) is 0.0438. The fourth-order valence-electron chi connectivity index (χ4n) is 1.44. The molecule has 0 fully saturated rings. The molecule has 0 bridgehead atoms. The van der Waals surface area contributed by atoms with Gasteiger partial charge in [0.15, 0.2) is 0 Å². The Morgan fingerprint density at radius 2 is 2.39 bits per heavy atom. The fourth-order valence-corrected chi connectivity index (χ4v) is 1.61. The van der Waals surface area contributed by atoms with Crippen molar-refractivity contribution < 1.29 is 9.21 Å². The zero-order valence-electron chi connectivity index (χ0n) is 9.09. The summed E-state index contributed by atoms with van der Waals surface area (Å²) in [5, 5.41) is 0.311. The Labute approximate surface area is 106 Å². The molecule has 2 rings (SSSR count). The van der Waals surface area contributed by atoms with Crippen LogP contribution >= 0.6 is 11.6 Å². The van der Waals surface area contributed by atoms with Crippen LogP contribution in [0.2, 0.25) is 5.02 Å². The molecule has 0 aliphatic rings. The van der Waals surface area contributed by atoms with Crippen LogP contribution < -0.4 is 17.0 Å². The van der Waals surface area contributed by atoms with Gasteiger partial charge < -0.3 is 4.42 Å². The van der Waals surface area contributed by atoms with E-state index in [4.69, 9.17) is 21.9 Å². The van der Waals surface area contributed by atoms with E-state index in [1.54, 1.807) is 0 Å². The number of amides is 1. The maximum absolute atomic E-state index is 11.5. The van der Waals surface area contributed by atoms with Crippen molar-refractivity contribution in [3.8, 4) is 0 Å². The lowest BCUT2D eigenvalue weighted by molar-refractivity contribution is 0.0951. The first-order valence-corrected chi connectivity index (χ1v) is 5.29. The highest BCUT2D eigenvalue weighted by Gasteiger charge is 2.14. The van der Waals surface area contributed by atoms with Gasteiger partial charge in [0.2, 0.25) is 0 Å². The van der Waals surface area contributed by atoms with E-state index in [-0.39, 0.29) is 12.1 Å². The number of nitrogens with zero attached hydrogens (tertiary/aromatic N) is 2. The molecule has 0 aliphatic heterocycles. The van der Waals surface area contributed by atoms with Crippen molar-refractivity contribution in [2.75, 3.05) is 0 Å². The van der Waals surface area contributed by atoms with Gasteiger partial charge in [0.1, 0.15) is 5.76 Å². The predicted octanol–water partition coefficient (Wildman–Crippen LogP) is 0.141. The molecule has 0 atom stereocenters. The maximum atomic E-state index is 11.5. The zero-order chi connectivity index (χ0) is 13.1. The number of nitrogens with two attached hydrogens (primary N) is 1. The number of aromatic nitrogens is 2. The Hall–Kier alpha value is -2.12. The predicted molar refractivity (Wildman–Crippen MR) is 63.0 cm³/mol. The van der Waals surface area contributed by atoms with Gasteiger partial charge in [-0.3, -0.25) is 14.8 Å². The molecule has 0 unspecified atom stereocenters. The lowest BCUT2D eigenvalue weighted by Gasteiger charge is -2.04. The highest BCUT2D eigenvalue weighted by atomic mass is 35.5. The Balaban J connectivity index is 2.35. The third kappa shape index (κ3) is 2.41. The molecule has 1 amide bonds. The number of nitrogen functional groups attached to an aromatic ring is 1. The molecule has 0 spiro atoms. The third-order valence-corrected chi connectivity index (χ3v) is 2.45. The summed E-state index contributed by atoms with van der Waals surface area (Å²) in [6, 6.07) is 1.46. The molecule has 0 aliphatic carbocycles. The molecule has 2 aromatic heterocycles. The Kier molecular flexibility index (Phi) is 3.45. The third-order valence-electron chi connectivity index (χ3n) is 2.26. The molecule has 2 aromatic rings. The van der Waals surface area contributed by atoms with Crippen LogP contribution in [0.5, 0.6) is 0 Å². The van der Waals surface area contributed by atoms with Gasteiger partial charge >= 0.3 is 5.69 Å². The summed E-state index contributed by atoms with van der Waals surface area (Å²) in [4.78, 5) is 26.4. The highest BCUT2D eigenvalue weighted by Crippen LogP contribution is 2.12. The number of carbonyl (C=O) groups is 1. The largest absolute Gasteiger partial charge is 0.467 e. The van der Waals surface area contributed by atoms with E-state index in [0.717, 1.165) is 0 Å². The van der Waals surface area contributed by atoms with Crippen molar-refractivity contribution in [2.45, 2.75) is 6.54 Å². The summed E-state index contributed by atoms with van der Waals surface area (Å²) < 4.78 is 6.37. The normalized spacial score (nSPS) is 10.3. The standard InChI is InChI=1S/C10H9ClN4O3/c11-6-3-13-10(17)15(4-6)5-8-7(1-2-18-8)9(16)14-12/h1-4H,5,12H2,(H,14,16). The molecule has 0 radical (unpaired) electrons. The van der Waals surface area contributed by atoms with E-state index in [1.165, 1.54) is 29.3 Å². The maximum Gasteiger partial charge on any atom is 0.348 e. The Morgan fingerprint density at radius 3 is 3.11 bits per heavy atom. The lowest BCUT2D eigenvalue weighted by Crippen LogP contribution is -2.31. The van der Waals surface area contributed by atoms with Crippen LogP contribution in [0.4, 0.5) is 0 Å². The van der Waals surface area contributed by atoms with Gasteiger partial charge in [0.05, 0.1) is 29.6 Å². The van der Waals surface area contributed by atoms with Gasteiger partial charge in [0.25, 0.3) is 5.91 Å². The number of rotatable bonds is 3. The van der Waals surface area contributed by atoms with Gasteiger partial charge in [0, 0.05) is 6.20 Å². The van der Waals surface area contributed by atoms with Gasteiger partial charge in [-0.25, -0.2) is 15.6 Å². The van der Waals surface area contributed by atoms with Crippen molar-refractivity contribution in [3.63, 3.8) is 0 Å². The van der Waals surface area contributed by atoms with Crippen LogP contribution in [-0.4, -0.2) is 15.5 Å². The van der Waals surface area contributed by atoms with Crippen LogP contribution in [0.25, 0.3) is 0 Å². The van der Waals surface area contributed by atoms with Crippen molar-refractivity contribution in [1.82, 2.24) is 15.0 Å². The number of nitrogens with one attached hydrogen (secondary N) is 1. The van der Waals surface area contributed by atoms with Crippen LogP contribution in [0.1, 0.15) is 16.1 Å². The van der Waals surface area contributed by atoms with Crippen LogP contribution in [0.15, 0.2) is 33.9 Å². The molecule has 94 valence electrons. The Bertz CT molecular complexity index is 634. The molecular weight excluding hydrogens is 260 g/mol. The molecular formula is C10H9ClN4O3. The summed E-state index contributed by atoms with van der Waals surface area (Å²) in [5.41, 5.74) is 1.75. The fraction of sp³-hybridized carbons (Fsp3) is 0.100. The number of hydrogen-bond donors (Lipinski definition) is 2. The van der Waals surface area contributed by atoms with E-state index in [2.05, 4.69) is 4.98 Å². The van der Waals surface area contributed by atoms with E-state index >= 15 is 0 Å². The average molecular weight is 269 g/mol. The first-order valence-electron chi connectivity index (χ1n) is 4.91. The second kappa shape index (κ2) is 5.03. The summed E-state index contributed by atoms with van der Waals surface area (Å²) >= 11 is 5.73. The van der Waals surface area contributed by atoms with Gasteiger partial charge in [-0.05, 0) is 6.07 Å². The number of carbonyl (C=O) groups excluding carboxylic acids is 1. The molecule has 18 heavy (non-hydrogen) atoms. The van der Waals surface area contributed by atoms with Gasteiger partial charge in [-0.15, -0.1) is 0 Å². The average Bonchev–Trinajstić information content (AvgIpc) is 2.81. The summed E-state index contributed by atoms with van der Waals surface area (Å²) in [7, 11) is 0. The second-order valence-electron chi connectivity index (χ2n) is 3.41. The molecule has 0 saturated carbocycles. The van der Waals surface area contributed by atoms with E-state index in [1.807, 2.05) is 5.43 Å². The molecule has 3 N–H and O–H groups in total. The van der Waals surface area contributed by atoms with Crippen LogP contribution in [0, 0.1) is 0 Å². The summed E-state index contributed by atoms with van der Waals surface area (Å²) in [5.74, 6) is 4.83. The SMILES string of the molecule is NNC(=O)c1ccoc1Cn1cc(Cl)cnc1=O. The van der Waals surface area contributed by atoms with Crippen molar-refractivity contribution >= 4 is 17.5 Å². The Morgan fingerprint density at radius 1 is 1.61 bits per heavy atom. The first kappa shape index (κ1) is 12.3. The zero-order valence-corrected chi connectivity index (χ0v) is 9.85. The van der Waals surface area contributed by atoms with E-state index in [9.17, 15) is 9.59 Å². The molecule has 7 nitrogen and oxygen atoms in total. The highest BCUT2D eigenvalue weighted by molar-refractivity contribution is 6.30. The van der Waals surface area contributed by atoms with Gasteiger partial charge in [-0.2, -0.15) is 0 Å². The van der Waals surface area contributed by atoms with Crippen molar-refractivity contribution in [1.29, 1.82) is 0 Å². The van der Waals surface area contributed by atoms with Crippen LogP contribution in [0.3, 0.4) is 0 Å².